The first-order valence-corrected chi connectivity index (χ1v) is 9.45. The van der Waals surface area contributed by atoms with Gasteiger partial charge in [0.2, 0.25) is 0 Å². The zero-order valence-electron chi connectivity index (χ0n) is 14.5. The lowest BCUT2D eigenvalue weighted by atomic mass is 10.3. The highest BCUT2D eigenvalue weighted by molar-refractivity contribution is 7.92. The summed E-state index contributed by atoms with van der Waals surface area (Å²) in [6, 6.07) is 9.57. The van der Waals surface area contributed by atoms with E-state index in [1.54, 1.807) is 54.3 Å². The van der Waals surface area contributed by atoms with Crippen LogP contribution in [0.25, 0.3) is 0 Å². The molecule has 140 valence electrons. The molecule has 9 nitrogen and oxygen atoms in total. The highest BCUT2D eigenvalue weighted by Gasteiger charge is 2.17. The van der Waals surface area contributed by atoms with Gasteiger partial charge >= 0.3 is 6.03 Å². The third-order valence-electron chi connectivity index (χ3n) is 3.53. The predicted octanol–water partition coefficient (Wildman–Crippen LogP) is 1.94. The van der Waals surface area contributed by atoms with E-state index in [1.807, 2.05) is 6.07 Å². The summed E-state index contributed by atoms with van der Waals surface area (Å²) >= 11 is 0. The Morgan fingerprint density at radius 2 is 1.89 bits per heavy atom. The number of hydrogen-bond acceptors (Lipinski definition) is 5. The van der Waals surface area contributed by atoms with Crippen LogP contribution in [0, 0.1) is 0 Å². The van der Waals surface area contributed by atoms with E-state index in [9.17, 15) is 13.2 Å². The van der Waals surface area contributed by atoms with E-state index in [1.165, 1.54) is 12.5 Å². The predicted molar refractivity (Wildman–Crippen MR) is 101 cm³/mol. The van der Waals surface area contributed by atoms with Crippen molar-refractivity contribution in [2.75, 3.05) is 10.0 Å². The van der Waals surface area contributed by atoms with E-state index in [2.05, 4.69) is 25.3 Å². The molecule has 3 aromatic rings. The molecule has 0 saturated carbocycles. The monoisotopic (exact) mass is 386 g/mol. The van der Waals surface area contributed by atoms with Gasteiger partial charge in [-0.3, -0.25) is 9.71 Å². The Labute approximate surface area is 156 Å². The number of rotatable bonds is 6. The molecule has 2 amide bonds. The minimum Gasteiger partial charge on any atom is -0.339 e. The van der Waals surface area contributed by atoms with Crippen molar-refractivity contribution in [2.45, 2.75) is 11.6 Å². The van der Waals surface area contributed by atoms with Crippen molar-refractivity contribution in [2.24, 2.45) is 7.05 Å². The molecular formula is C17H18N6O3S. The fourth-order valence-corrected chi connectivity index (χ4v) is 3.26. The molecule has 0 aliphatic carbocycles. The van der Waals surface area contributed by atoms with Gasteiger partial charge in [0.05, 0.1) is 6.33 Å². The van der Waals surface area contributed by atoms with Crippen molar-refractivity contribution >= 4 is 27.4 Å². The van der Waals surface area contributed by atoms with Crippen LogP contribution in [0.3, 0.4) is 0 Å². The summed E-state index contributed by atoms with van der Waals surface area (Å²) in [5, 5.41) is 5.32. The first-order valence-electron chi connectivity index (χ1n) is 7.97. The summed E-state index contributed by atoms with van der Waals surface area (Å²) in [6.45, 7) is 0.349. The van der Waals surface area contributed by atoms with Gasteiger partial charge in [0.15, 0.2) is 5.03 Å². The number of urea groups is 1. The molecule has 0 spiro atoms. The SMILES string of the molecule is Cn1cnc(S(=O)(=O)Nc2ccc(NC(=O)NCc3cccnc3)cc2)c1. The summed E-state index contributed by atoms with van der Waals surface area (Å²) in [6.07, 6.45) is 6.15. The summed E-state index contributed by atoms with van der Waals surface area (Å²) in [5.41, 5.74) is 1.77. The smallest absolute Gasteiger partial charge is 0.319 e. The maximum atomic E-state index is 12.2. The minimum absolute atomic E-state index is 0.0676. The zero-order chi connectivity index (χ0) is 19.3. The normalized spacial score (nSPS) is 11.0. The first kappa shape index (κ1) is 18.4. The average molecular weight is 386 g/mol. The van der Waals surface area contributed by atoms with Crippen LogP contribution < -0.4 is 15.4 Å². The molecule has 0 fully saturated rings. The second-order valence-electron chi connectivity index (χ2n) is 5.73. The van der Waals surface area contributed by atoms with Crippen molar-refractivity contribution in [3.05, 3.63) is 66.9 Å². The number of amides is 2. The Bertz CT molecular complexity index is 1020. The van der Waals surface area contributed by atoms with Gasteiger partial charge in [-0.1, -0.05) is 6.07 Å². The molecular weight excluding hydrogens is 368 g/mol. The Balaban J connectivity index is 1.56. The van der Waals surface area contributed by atoms with E-state index < -0.39 is 10.0 Å². The molecule has 0 atom stereocenters. The molecule has 3 rings (SSSR count). The van der Waals surface area contributed by atoms with Crippen LogP contribution >= 0.6 is 0 Å². The van der Waals surface area contributed by atoms with Crippen molar-refractivity contribution in [1.82, 2.24) is 19.9 Å². The fraction of sp³-hybridized carbons (Fsp3) is 0.118. The Morgan fingerprint density at radius 3 is 2.52 bits per heavy atom. The molecule has 27 heavy (non-hydrogen) atoms. The van der Waals surface area contributed by atoms with E-state index in [-0.39, 0.29) is 11.1 Å². The van der Waals surface area contributed by atoms with E-state index in [0.29, 0.717) is 17.9 Å². The third-order valence-corrected chi connectivity index (χ3v) is 4.79. The van der Waals surface area contributed by atoms with Gasteiger partial charge in [-0.15, -0.1) is 0 Å². The number of aromatic nitrogens is 3. The lowest BCUT2D eigenvalue weighted by Crippen LogP contribution is -2.28. The number of anilines is 2. The van der Waals surface area contributed by atoms with Crippen molar-refractivity contribution in [3.63, 3.8) is 0 Å². The number of carbonyl (C=O) groups excluding carboxylic acids is 1. The molecule has 0 unspecified atom stereocenters. The van der Waals surface area contributed by atoms with Crippen LogP contribution in [-0.4, -0.2) is 29.0 Å². The second kappa shape index (κ2) is 7.87. The van der Waals surface area contributed by atoms with Gasteiger partial charge in [0.1, 0.15) is 0 Å². The van der Waals surface area contributed by atoms with Crippen LogP contribution in [0.5, 0.6) is 0 Å². The van der Waals surface area contributed by atoms with Crippen LogP contribution in [0.15, 0.2) is 66.3 Å². The number of sulfonamides is 1. The number of carbonyl (C=O) groups is 1. The van der Waals surface area contributed by atoms with Crippen molar-refractivity contribution in [3.8, 4) is 0 Å². The summed E-state index contributed by atoms with van der Waals surface area (Å²) in [4.78, 5) is 19.7. The van der Waals surface area contributed by atoms with Gasteiger partial charge in [-0.2, -0.15) is 8.42 Å². The second-order valence-corrected chi connectivity index (χ2v) is 7.36. The van der Waals surface area contributed by atoms with E-state index in [4.69, 9.17) is 0 Å². The van der Waals surface area contributed by atoms with Crippen LogP contribution in [-0.2, 0) is 23.6 Å². The number of imidazole rings is 1. The highest BCUT2D eigenvalue weighted by atomic mass is 32.2. The largest absolute Gasteiger partial charge is 0.339 e. The number of pyridine rings is 1. The molecule has 0 aliphatic heterocycles. The zero-order valence-corrected chi connectivity index (χ0v) is 15.3. The molecule has 0 bridgehead atoms. The van der Waals surface area contributed by atoms with E-state index in [0.717, 1.165) is 5.56 Å². The Morgan fingerprint density at radius 1 is 1.15 bits per heavy atom. The van der Waals surface area contributed by atoms with Crippen LogP contribution in [0.4, 0.5) is 16.2 Å². The molecule has 2 heterocycles. The molecule has 0 saturated heterocycles. The minimum atomic E-state index is -3.76. The number of nitrogens with zero attached hydrogens (tertiary/aromatic N) is 3. The number of nitrogens with one attached hydrogen (secondary N) is 3. The van der Waals surface area contributed by atoms with Gasteiger partial charge in [-0.25, -0.2) is 9.78 Å². The standard InChI is InChI=1S/C17H18N6O3S/c1-23-11-16(20-12-23)27(25,26)22-15-6-4-14(5-7-15)21-17(24)19-10-13-3-2-8-18-9-13/h2-9,11-12,22H,10H2,1H3,(H2,19,21,24). The summed E-state index contributed by atoms with van der Waals surface area (Å²) in [5.74, 6) is 0. The van der Waals surface area contributed by atoms with Gasteiger partial charge < -0.3 is 15.2 Å². The summed E-state index contributed by atoms with van der Waals surface area (Å²) < 4.78 is 28.4. The van der Waals surface area contributed by atoms with Gasteiger partial charge in [-0.05, 0) is 35.9 Å². The fourth-order valence-electron chi connectivity index (χ4n) is 2.22. The quantitative estimate of drug-likeness (QED) is 0.598. The third kappa shape index (κ3) is 5.05. The van der Waals surface area contributed by atoms with E-state index >= 15 is 0 Å². The average Bonchev–Trinajstić information content (AvgIpc) is 3.10. The molecule has 10 heteroatoms. The first-order chi connectivity index (χ1) is 12.9. The maximum Gasteiger partial charge on any atom is 0.319 e. The summed E-state index contributed by atoms with van der Waals surface area (Å²) in [7, 11) is -2.07. The van der Waals surface area contributed by atoms with Crippen LogP contribution in [0.2, 0.25) is 0 Å². The van der Waals surface area contributed by atoms with Gasteiger partial charge in [0, 0.05) is 43.6 Å². The number of benzene rings is 1. The number of aryl methyl sites for hydroxylation is 1. The van der Waals surface area contributed by atoms with Gasteiger partial charge in [0.25, 0.3) is 10.0 Å². The Hall–Kier alpha value is -3.40. The molecule has 3 N–H and O–H groups in total. The Kier molecular flexibility index (Phi) is 5.36. The molecule has 2 aromatic heterocycles. The van der Waals surface area contributed by atoms with Crippen molar-refractivity contribution < 1.29 is 13.2 Å². The lowest BCUT2D eigenvalue weighted by molar-refractivity contribution is 0.251. The van der Waals surface area contributed by atoms with Crippen molar-refractivity contribution in [1.29, 1.82) is 0 Å². The van der Waals surface area contributed by atoms with Crippen LogP contribution in [0.1, 0.15) is 5.56 Å². The number of hydrogen-bond donors (Lipinski definition) is 3. The highest BCUT2D eigenvalue weighted by Crippen LogP contribution is 2.17. The lowest BCUT2D eigenvalue weighted by Gasteiger charge is -2.09. The molecule has 0 aliphatic rings. The topological polar surface area (TPSA) is 118 Å². The molecule has 1 aromatic carbocycles. The molecule has 0 radical (unpaired) electrons. The maximum absolute atomic E-state index is 12.2.